The first-order valence-electron chi connectivity index (χ1n) is 8.17. The molecule has 4 aromatic rings. The number of aromatic nitrogens is 3. The zero-order chi connectivity index (χ0) is 17.2. The maximum Gasteiger partial charge on any atom is 0.247 e. The SMILES string of the molecule is CNc1ccc(-c2nnc([C@@H](N)Cc3c[nH]c4ccccc34)o2)cc1. The van der Waals surface area contributed by atoms with Crippen molar-refractivity contribution < 1.29 is 4.42 Å². The number of fused-ring (bicyclic) bond motifs is 1. The van der Waals surface area contributed by atoms with Crippen LogP contribution in [-0.2, 0) is 6.42 Å². The molecule has 0 aliphatic carbocycles. The van der Waals surface area contributed by atoms with Gasteiger partial charge in [0.25, 0.3) is 0 Å². The molecule has 0 aliphatic heterocycles. The van der Waals surface area contributed by atoms with Crippen molar-refractivity contribution >= 4 is 16.6 Å². The van der Waals surface area contributed by atoms with E-state index in [0.717, 1.165) is 22.3 Å². The Balaban J connectivity index is 1.54. The molecule has 0 fully saturated rings. The summed E-state index contributed by atoms with van der Waals surface area (Å²) < 4.78 is 5.79. The lowest BCUT2D eigenvalue weighted by atomic mass is 10.1. The number of aromatic amines is 1. The highest BCUT2D eigenvalue weighted by atomic mass is 16.4. The van der Waals surface area contributed by atoms with Gasteiger partial charge in [0, 0.05) is 35.4 Å². The maximum absolute atomic E-state index is 6.29. The van der Waals surface area contributed by atoms with Gasteiger partial charge in [-0.3, -0.25) is 0 Å². The second kappa shape index (κ2) is 6.41. The van der Waals surface area contributed by atoms with Crippen LogP contribution in [0.1, 0.15) is 17.5 Å². The molecule has 2 heterocycles. The van der Waals surface area contributed by atoms with Gasteiger partial charge in [-0.15, -0.1) is 10.2 Å². The van der Waals surface area contributed by atoms with Gasteiger partial charge >= 0.3 is 0 Å². The number of anilines is 1. The van der Waals surface area contributed by atoms with Crippen LogP contribution in [0.3, 0.4) is 0 Å². The van der Waals surface area contributed by atoms with Crippen molar-refractivity contribution in [2.45, 2.75) is 12.5 Å². The molecule has 126 valence electrons. The largest absolute Gasteiger partial charge is 0.419 e. The number of nitrogens with two attached hydrogens (primary N) is 1. The minimum atomic E-state index is -0.350. The Kier molecular flexibility index (Phi) is 3.95. The molecule has 0 bridgehead atoms. The van der Waals surface area contributed by atoms with Crippen LogP contribution >= 0.6 is 0 Å². The van der Waals surface area contributed by atoms with Crippen LogP contribution in [0.2, 0.25) is 0 Å². The molecule has 2 aromatic heterocycles. The van der Waals surface area contributed by atoms with E-state index in [1.807, 2.05) is 55.7 Å². The lowest BCUT2D eigenvalue weighted by Crippen LogP contribution is -2.13. The number of benzene rings is 2. The molecule has 25 heavy (non-hydrogen) atoms. The third-order valence-electron chi connectivity index (χ3n) is 4.29. The fraction of sp³-hybridized carbons (Fsp3) is 0.158. The number of rotatable bonds is 5. The molecule has 6 heteroatoms. The highest BCUT2D eigenvalue weighted by molar-refractivity contribution is 5.83. The highest BCUT2D eigenvalue weighted by Crippen LogP contribution is 2.25. The van der Waals surface area contributed by atoms with Crippen LogP contribution in [0.25, 0.3) is 22.4 Å². The standard InChI is InChI=1S/C19H19N5O/c1-21-14-8-6-12(7-9-14)18-23-24-19(25-18)16(20)10-13-11-22-17-5-3-2-4-15(13)17/h2-9,11,16,21-22H,10,20H2,1H3/t16-/m0/s1. The van der Waals surface area contributed by atoms with Gasteiger partial charge in [0.05, 0.1) is 6.04 Å². The summed E-state index contributed by atoms with van der Waals surface area (Å²) in [6.07, 6.45) is 2.61. The van der Waals surface area contributed by atoms with Gasteiger partial charge in [0.2, 0.25) is 11.8 Å². The normalized spacial score (nSPS) is 12.4. The van der Waals surface area contributed by atoms with Crippen LogP contribution in [0.5, 0.6) is 0 Å². The van der Waals surface area contributed by atoms with Gasteiger partial charge in [-0.25, -0.2) is 0 Å². The molecule has 4 rings (SSSR count). The van der Waals surface area contributed by atoms with Gasteiger partial charge in [0.1, 0.15) is 0 Å². The Morgan fingerprint density at radius 1 is 1.12 bits per heavy atom. The van der Waals surface area contributed by atoms with Crippen LogP contribution in [0.4, 0.5) is 5.69 Å². The summed E-state index contributed by atoms with van der Waals surface area (Å²) in [6, 6.07) is 15.6. The van der Waals surface area contributed by atoms with Gasteiger partial charge in [-0.2, -0.15) is 0 Å². The third-order valence-corrected chi connectivity index (χ3v) is 4.29. The summed E-state index contributed by atoms with van der Waals surface area (Å²) in [6.45, 7) is 0. The van der Waals surface area contributed by atoms with Crippen LogP contribution < -0.4 is 11.1 Å². The Hall–Kier alpha value is -3.12. The van der Waals surface area contributed by atoms with E-state index in [-0.39, 0.29) is 6.04 Å². The predicted molar refractivity (Wildman–Crippen MR) is 98.2 cm³/mol. The Morgan fingerprint density at radius 2 is 1.92 bits per heavy atom. The van der Waals surface area contributed by atoms with Crippen LogP contribution in [-0.4, -0.2) is 22.2 Å². The average Bonchev–Trinajstić information content (AvgIpc) is 3.30. The minimum Gasteiger partial charge on any atom is -0.419 e. The average molecular weight is 333 g/mol. The molecule has 0 saturated heterocycles. The Labute approximate surface area is 145 Å². The fourth-order valence-electron chi connectivity index (χ4n) is 2.91. The van der Waals surface area contributed by atoms with E-state index >= 15 is 0 Å². The van der Waals surface area contributed by atoms with Crippen molar-refractivity contribution in [1.29, 1.82) is 0 Å². The highest BCUT2D eigenvalue weighted by Gasteiger charge is 2.17. The van der Waals surface area contributed by atoms with Crippen molar-refractivity contribution in [2.24, 2.45) is 5.73 Å². The van der Waals surface area contributed by atoms with E-state index in [2.05, 4.69) is 26.6 Å². The van der Waals surface area contributed by atoms with Gasteiger partial charge in [-0.05, 0) is 42.3 Å². The monoisotopic (exact) mass is 333 g/mol. The number of para-hydroxylation sites is 1. The molecule has 2 aromatic carbocycles. The van der Waals surface area contributed by atoms with Crippen molar-refractivity contribution in [3.63, 3.8) is 0 Å². The first kappa shape index (κ1) is 15.4. The van der Waals surface area contributed by atoms with Gasteiger partial charge in [-0.1, -0.05) is 18.2 Å². The number of H-pyrrole nitrogens is 1. The van der Waals surface area contributed by atoms with E-state index in [1.165, 1.54) is 5.39 Å². The number of nitrogens with one attached hydrogen (secondary N) is 2. The summed E-state index contributed by atoms with van der Waals surface area (Å²) >= 11 is 0. The quantitative estimate of drug-likeness (QED) is 0.520. The zero-order valence-corrected chi connectivity index (χ0v) is 13.9. The van der Waals surface area contributed by atoms with Crippen molar-refractivity contribution in [3.05, 3.63) is 66.2 Å². The van der Waals surface area contributed by atoms with E-state index in [1.54, 1.807) is 0 Å². The number of nitrogens with zero attached hydrogens (tertiary/aromatic N) is 2. The van der Waals surface area contributed by atoms with E-state index in [0.29, 0.717) is 18.2 Å². The maximum atomic E-state index is 6.29. The smallest absolute Gasteiger partial charge is 0.247 e. The van der Waals surface area contributed by atoms with Crippen LogP contribution in [0, 0.1) is 0 Å². The lowest BCUT2D eigenvalue weighted by molar-refractivity contribution is 0.458. The van der Waals surface area contributed by atoms with Gasteiger partial charge < -0.3 is 20.5 Å². The predicted octanol–water partition coefficient (Wildman–Crippen LogP) is 3.50. The molecule has 0 amide bonds. The molecule has 0 unspecified atom stereocenters. The van der Waals surface area contributed by atoms with Crippen molar-refractivity contribution in [2.75, 3.05) is 12.4 Å². The Morgan fingerprint density at radius 3 is 2.72 bits per heavy atom. The molecule has 1 atom stereocenters. The third kappa shape index (κ3) is 2.99. The summed E-state index contributed by atoms with van der Waals surface area (Å²) in [5.74, 6) is 0.921. The zero-order valence-electron chi connectivity index (χ0n) is 13.9. The summed E-state index contributed by atoms with van der Waals surface area (Å²) in [5.41, 5.74) is 10.4. The molecule has 0 radical (unpaired) electrons. The van der Waals surface area contributed by atoms with E-state index in [9.17, 15) is 0 Å². The second-order valence-corrected chi connectivity index (χ2v) is 5.94. The summed E-state index contributed by atoms with van der Waals surface area (Å²) in [4.78, 5) is 3.26. The minimum absolute atomic E-state index is 0.350. The second-order valence-electron chi connectivity index (χ2n) is 5.94. The van der Waals surface area contributed by atoms with E-state index in [4.69, 9.17) is 10.2 Å². The van der Waals surface area contributed by atoms with Crippen molar-refractivity contribution in [3.8, 4) is 11.5 Å². The fourth-order valence-corrected chi connectivity index (χ4v) is 2.91. The Bertz CT molecular complexity index is 986. The molecular weight excluding hydrogens is 314 g/mol. The topological polar surface area (TPSA) is 92.8 Å². The first-order chi connectivity index (χ1) is 12.2. The molecule has 4 N–H and O–H groups in total. The molecule has 0 aliphatic rings. The summed E-state index contributed by atoms with van der Waals surface area (Å²) in [7, 11) is 1.88. The summed E-state index contributed by atoms with van der Waals surface area (Å²) in [5, 5.41) is 12.5. The molecular formula is C19H19N5O. The van der Waals surface area contributed by atoms with E-state index < -0.39 is 0 Å². The van der Waals surface area contributed by atoms with Crippen molar-refractivity contribution in [1.82, 2.24) is 15.2 Å². The molecule has 0 spiro atoms. The first-order valence-corrected chi connectivity index (χ1v) is 8.17. The van der Waals surface area contributed by atoms with Crippen LogP contribution in [0.15, 0.2) is 59.1 Å². The number of hydrogen-bond acceptors (Lipinski definition) is 5. The van der Waals surface area contributed by atoms with Gasteiger partial charge in [0.15, 0.2) is 0 Å². The molecule has 0 saturated carbocycles. The number of hydrogen-bond donors (Lipinski definition) is 3. The molecule has 6 nitrogen and oxygen atoms in total. The lowest BCUT2D eigenvalue weighted by Gasteiger charge is -2.06.